The minimum atomic E-state index is 0.586. The Balaban J connectivity index is 1.76. The van der Waals surface area contributed by atoms with Gasteiger partial charge < -0.3 is 15.6 Å². The van der Waals surface area contributed by atoms with Crippen LogP contribution >= 0.6 is 11.3 Å². The lowest BCUT2D eigenvalue weighted by atomic mass is 10.3. The summed E-state index contributed by atoms with van der Waals surface area (Å²) < 4.78 is 0. The van der Waals surface area contributed by atoms with Crippen molar-refractivity contribution in [3.63, 3.8) is 0 Å². The molecule has 20 heavy (non-hydrogen) atoms. The zero-order chi connectivity index (χ0) is 13.8. The number of aromatic nitrogens is 5. The quantitative estimate of drug-likeness (QED) is 0.642. The van der Waals surface area contributed by atoms with E-state index in [1.165, 1.54) is 0 Å². The van der Waals surface area contributed by atoms with Crippen LogP contribution in [-0.2, 0) is 6.42 Å². The van der Waals surface area contributed by atoms with Crippen LogP contribution in [0, 0.1) is 0 Å². The lowest BCUT2D eigenvalue weighted by Crippen LogP contribution is -2.10. The van der Waals surface area contributed by atoms with Crippen LogP contribution in [0.1, 0.15) is 12.6 Å². The predicted octanol–water partition coefficient (Wildman–Crippen LogP) is 1.90. The van der Waals surface area contributed by atoms with E-state index < -0.39 is 0 Å². The van der Waals surface area contributed by atoms with Gasteiger partial charge in [0.1, 0.15) is 5.52 Å². The minimum absolute atomic E-state index is 0.586. The largest absolute Gasteiger partial charge is 0.368 e. The number of thiazole rings is 1. The van der Waals surface area contributed by atoms with Crippen molar-refractivity contribution in [2.45, 2.75) is 13.3 Å². The van der Waals surface area contributed by atoms with Gasteiger partial charge in [-0.05, 0) is 6.92 Å². The number of anilines is 2. The monoisotopic (exact) mass is 289 g/mol. The number of nitrogens with zero attached hydrogens (tertiary/aromatic N) is 4. The Bertz CT molecular complexity index is 676. The molecule has 3 rings (SSSR count). The van der Waals surface area contributed by atoms with Gasteiger partial charge in [-0.3, -0.25) is 0 Å². The van der Waals surface area contributed by atoms with E-state index in [-0.39, 0.29) is 0 Å². The van der Waals surface area contributed by atoms with E-state index in [2.05, 4.69) is 40.9 Å². The van der Waals surface area contributed by atoms with Gasteiger partial charge in [-0.2, -0.15) is 9.97 Å². The highest BCUT2D eigenvalue weighted by Gasteiger charge is 2.09. The van der Waals surface area contributed by atoms with Crippen molar-refractivity contribution in [3.8, 4) is 0 Å². The Hall–Kier alpha value is -2.22. The maximum absolute atomic E-state index is 4.46. The zero-order valence-corrected chi connectivity index (χ0v) is 11.9. The van der Waals surface area contributed by atoms with Crippen molar-refractivity contribution in [1.29, 1.82) is 0 Å². The Morgan fingerprint density at radius 2 is 2.20 bits per heavy atom. The normalized spacial score (nSPS) is 10.8. The first kappa shape index (κ1) is 12.8. The summed E-state index contributed by atoms with van der Waals surface area (Å²) in [7, 11) is 0. The van der Waals surface area contributed by atoms with E-state index in [4.69, 9.17) is 0 Å². The Kier molecular flexibility index (Phi) is 3.73. The molecule has 0 radical (unpaired) electrons. The summed E-state index contributed by atoms with van der Waals surface area (Å²) in [5, 5.41) is 8.47. The van der Waals surface area contributed by atoms with Crippen molar-refractivity contribution >= 4 is 34.3 Å². The molecule has 3 aromatic heterocycles. The van der Waals surface area contributed by atoms with Crippen molar-refractivity contribution < 1.29 is 0 Å². The smallest absolute Gasteiger partial charge is 0.226 e. The number of hydrogen-bond acceptors (Lipinski definition) is 7. The van der Waals surface area contributed by atoms with Gasteiger partial charge in [0.25, 0.3) is 0 Å². The molecule has 0 atom stereocenters. The van der Waals surface area contributed by atoms with Crippen molar-refractivity contribution in [3.05, 3.63) is 22.9 Å². The first-order valence-electron chi connectivity index (χ1n) is 6.42. The van der Waals surface area contributed by atoms with E-state index >= 15 is 0 Å². The average Bonchev–Trinajstić information content (AvgIpc) is 3.09. The third-order valence-electron chi connectivity index (χ3n) is 2.78. The fourth-order valence-corrected chi connectivity index (χ4v) is 2.46. The molecular weight excluding hydrogens is 274 g/mol. The van der Waals surface area contributed by atoms with Gasteiger partial charge >= 0.3 is 0 Å². The van der Waals surface area contributed by atoms with Crippen molar-refractivity contribution in [2.24, 2.45) is 0 Å². The van der Waals surface area contributed by atoms with Gasteiger partial charge in [0, 0.05) is 24.9 Å². The summed E-state index contributed by atoms with van der Waals surface area (Å²) in [5.41, 5.74) is 4.41. The molecule has 3 heterocycles. The molecule has 0 spiro atoms. The van der Waals surface area contributed by atoms with E-state index in [0.717, 1.165) is 36.5 Å². The maximum Gasteiger partial charge on any atom is 0.226 e. The van der Waals surface area contributed by atoms with Crippen LogP contribution in [0.4, 0.5) is 11.8 Å². The fraction of sp³-hybridized carbons (Fsp3) is 0.333. The number of hydrogen-bond donors (Lipinski definition) is 3. The van der Waals surface area contributed by atoms with Crippen molar-refractivity contribution in [1.82, 2.24) is 24.9 Å². The highest BCUT2D eigenvalue weighted by molar-refractivity contribution is 7.07. The Labute approximate surface area is 119 Å². The predicted molar refractivity (Wildman–Crippen MR) is 80.2 cm³/mol. The molecule has 8 heteroatoms. The number of nitrogens with one attached hydrogen (secondary N) is 3. The average molecular weight is 289 g/mol. The summed E-state index contributed by atoms with van der Waals surface area (Å²) in [4.78, 5) is 20.3. The highest BCUT2D eigenvalue weighted by atomic mass is 32.1. The topological polar surface area (TPSA) is 91.4 Å². The van der Waals surface area contributed by atoms with E-state index in [1.54, 1.807) is 17.7 Å². The van der Waals surface area contributed by atoms with Crippen LogP contribution < -0.4 is 10.6 Å². The second-order valence-corrected chi connectivity index (χ2v) is 4.90. The standard InChI is InChI=1S/C12H15N7S/c1-2-13-12-18-10(9-11(19-12)16-6-15-9)14-4-3-8-5-20-7-17-8/h5-7H,2-4H2,1H3,(H3,13,14,15,16,18,19). The SMILES string of the molecule is CCNc1nc(NCCc2cscn2)c2[nH]cnc2n1. The van der Waals surface area contributed by atoms with Crippen LogP contribution in [0.25, 0.3) is 11.2 Å². The van der Waals surface area contributed by atoms with Crippen LogP contribution in [-0.4, -0.2) is 38.0 Å². The molecule has 0 saturated carbocycles. The highest BCUT2D eigenvalue weighted by Crippen LogP contribution is 2.18. The van der Waals surface area contributed by atoms with Gasteiger partial charge in [0.05, 0.1) is 17.5 Å². The minimum Gasteiger partial charge on any atom is -0.368 e. The Morgan fingerprint density at radius 1 is 1.25 bits per heavy atom. The van der Waals surface area contributed by atoms with Crippen LogP contribution in [0.5, 0.6) is 0 Å². The second-order valence-electron chi connectivity index (χ2n) is 4.18. The molecule has 0 saturated heterocycles. The summed E-state index contributed by atoms with van der Waals surface area (Å²) >= 11 is 1.61. The number of aromatic amines is 1. The van der Waals surface area contributed by atoms with Crippen LogP contribution in [0.3, 0.4) is 0 Å². The van der Waals surface area contributed by atoms with Gasteiger partial charge in [-0.1, -0.05) is 0 Å². The molecule has 0 aliphatic heterocycles. The molecule has 104 valence electrons. The van der Waals surface area contributed by atoms with E-state index in [9.17, 15) is 0 Å². The molecule has 7 nitrogen and oxygen atoms in total. The molecule has 0 bridgehead atoms. The molecule has 0 aliphatic rings. The van der Waals surface area contributed by atoms with Gasteiger partial charge in [0.15, 0.2) is 11.5 Å². The summed E-state index contributed by atoms with van der Waals surface area (Å²) in [6.45, 7) is 3.54. The van der Waals surface area contributed by atoms with Crippen molar-refractivity contribution in [2.75, 3.05) is 23.7 Å². The molecule has 3 aromatic rings. The molecule has 0 amide bonds. The fourth-order valence-electron chi connectivity index (χ4n) is 1.87. The molecule has 3 N–H and O–H groups in total. The van der Waals surface area contributed by atoms with Gasteiger partial charge in [0.2, 0.25) is 5.95 Å². The second kappa shape index (κ2) is 5.83. The summed E-state index contributed by atoms with van der Waals surface area (Å²) in [6.07, 6.45) is 2.49. The molecule has 0 aromatic carbocycles. The Morgan fingerprint density at radius 3 is 3.00 bits per heavy atom. The molecular formula is C12H15N7S. The molecule has 0 fully saturated rings. The number of imidazole rings is 1. The van der Waals surface area contributed by atoms with Gasteiger partial charge in [-0.25, -0.2) is 9.97 Å². The lowest BCUT2D eigenvalue weighted by Gasteiger charge is -2.08. The van der Waals surface area contributed by atoms with E-state index in [0.29, 0.717) is 11.6 Å². The number of rotatable bonds is 6. The van der Waals surface area contributed by atoms with Crippen LogP contribution in [0.15, 0.2) is 17.2 Å². The lowest BCUT2D eigenvalue weighted by molar-refractivity contribution is 0.966. The molecule has 0 unspecified atom stereocenters. The maximum atomic E-state index is 4.46. The zero-order valence-electron chi connectivity index (χ0n) is 11.1. The summed E-state index contributed by atoms with van der Waals surface area (Å²) in [6, 6.07) is 0. The number of H-pyrrole nitrogens is 1. The third-order valence-corrected chi connectivity index (χ3v) is 3.41. The first-order valence-corrected chi connectivity index (χ1v) is 7.37. The van der Waals surface area contributed by atoms with E-state index in [1.807, 2.05) is 12.4 Å². The first-order chi connectivity index (χ1) is 9.86. The summed E-state index contributed by atoms with van der Waals surface area (Å²) in [5.74, 6) is 1.35. The third kappa shape index (κ3) is 2.69. The molecule has 0 aliphatic carbocycles. The number of fused-ring (bicyclic) bond motifs is 1. The van der Waals surface area contributed by atoms with Gasteiger partial charge in [-0.15, -0.1) is 11.3 Å². The van der Waals surface area contributed by atoms with Crippen LogP contribution in [0.2, 0.25) is 0 Å².